The van der Waals surface area contributed by atoms with Gasteiger partial charge in [-0.3, -0.25) is 9.13 Å². The van der Waals surface area contributed by atoms with E-state index in [0.717, 1.165) is 77.0 Å². The van der Waals surface area contributed by atoms with Crippen LogP contribution in [0.3, 0.4) is 0 Å². The Morgan fingerprint density at radius 1 is 0.294 bits per heavy atom. The minimum atomic E-state index is -4.08. The van der Waals surface area contributed by atoms with Gasteiger partial charge in [-0.15, -0.1) is 0 Å². The Morgan fingerprint density at radius 3 is 0.588 bits per heavy atom. The van der Waals surface area contributed by atoms with E-state index in [4.69, 9.17) is 18.1 Å². The van der Waals surface area contributed by atoms with Crippen molar-refractivity contribution in [2.24, 2.45) is 0 Å². The van der Waals surface area contributed by atoms with Gasteiger partial charge in [-0.2, -0.15) is 0 Å². The third kappa shape index (κ3) is 50.7. The number of rotatable bonds is 40. The quantitative estimate of drug-likeness (QED) is 0.0443. The Hall–Kier alpha value is 0.726. The Morgan fingerprint density at radius 2 is 0.431 bits per heavy atom. The molecule has 0 aromatic rings. The SMILES string of the molecule is CCCCCCCCCCOP(=O)([O-])OCCCCCCCCCC.CCCCCCCCCCOP(=O)([O-])OCCCCCCCCCC.[Co+2]. The summed E-state index contributed by atoms with van der Waals surface area (Å²) in [5, 5.41) is 0. The zero-order valence-electron chi connectivity index (χ0n) is 33.9. The summed E-state index contributed by atoms with van der Waals surface area (Å²) >= 11 is 0. The second-order valence-electron chi connectivity index (χ2n) is 14.1. The van der Waals surface area contributed by atoms with E-state index < -0.39 is 15.6 Å². The monoisotopic (exact) mass is 813 g/mol. The molecule has 0 saturated carbocycles. The van der Waals surface area contributed by atoms with Gasteiger partial charge in [-0.05, 0) is 25.7 Å². The molecule has 311 valence electrons. The maximum absolute atomic E-state index is 11.6. The fraction of sp³-hybridized carbons (Fsp3) is 1.00. The maximum atomic E-state index is 11.6. The van der Waals surface area contributed by atoms with Crippen molar-refractivity contribution in [3.05, 3.63) is 0 Å². The molecule has 0 atom stereocenters. The second kappa shape index (κ2) is 45.1. The molecule has 0 aromatic heterocycles. The molecule has 11 heteroatoms. The molecule has 0 unspecified atom stereocenters. The predicted molar refractivity (Wildman–Crippen MR) is 209 cm³/mol. The molecule has 0 N–H and O–H groups in total. The summed E-state index contributed by atoms with van der Waals surface area (Å²) in [7, 11) is -8.17. The molecule has 0 rings (SSSR count). The summed E-state index contributed by atoms with van der Waals surface area (Å²) in [6.45, 7) is 9.90. The van der Waals surface area contributed by atoms with Crippen molar-refractivity contribution in [2.45, 2.75) is 233 Å². The van der Waals surface area contributed by atoms with Gasteiger partial charge < -0.3 is 27.9 Å². The van der Waals surface area contributed by atoms with Crippen LogP contribution in [-0.2, 0) is 44.0 Å². The minimum Gasteiger partial charge on any atom is -0.756 e. The van der Waals surface area contributed by atoms with Gasteiger partial charge in [0.05, 0.1) is 26.4 Å². The molecule has 0 amide bonds. The molecule has 0 aliphatic heterocycles. The molecule has 0 saturated heterocycles. The summed E-state index contributed by atoms with van der Waals surface area (Å²) in [4.78, 5) is 23.3. The topological polar surface area (TPSA) is 117 Å². The van der Waals surface area contributed by atoms with Crippen LogP contribution in [0.1, 0.15) is 233 Å². The number of phosphoric acid groups is 2. The minimum absolute atomic E-state index is 0. The molecule has 1 radical (unpaired) electrons. The van der Waals surface area contributed by atoms with Crippen LogP contribution in [0, 0.1) is 0 Å². The number of hydrogen-bond donors (Lipinski definition) is 0. The van der Waals surface area contributed by atoms with Crippen molar-refractivity contribution in [3.8, 4) is 0 Å². The average molecular weight is 814 g/mol. The third-order valence-corrected chi connectivity index (χ3v) is 11.0. The summed E-state index contributed by atoms with van der Waals surface area (Å²) in [5.41, 5.74) is 0. The zero-order valence-corrected chi connectivity index (χ0v) is 36.8. The molecule has 51 heavy (non-hydrogen) atoms. The molecule has 8 nitrogen and oxygen atoms in total. The van der Waals surface area contributed by atoms with Crippen molar-refractivity contribution in [1.82, 2.24) is 0 Å². The Kier molecular flexibility index (Phi) is 49.6. The van der Waals surface area contributed by atoms with Gasteiger partial charge in [0.15, 0.2) is 0 Å². The number of unbranched alkanes of at least 4 members (excludes halogenated alkanes) is 28. The van der Waals surface area contributed by atoms with Gasteiger partial charge in [-0.1, -0.05) is 207 Å². The van der Waals surface area contributed by atoms with Crippen LogP contribution < -0.4 is 9.79 Å². The fourth-order valence-electron chi connectivity index (χ4n) is 5.72. The van der Waals surface area contributed by atoms with Crippen LogP contribution in [0.15, 0.2) is 0 Å². The normalized spacial score (nSPS) is 11.7. The largest absolute Gasteiger partial charge is 2.00 e. The molecule has 0 spiro atoms. The van der Waals surface area contributed by atoms with Crippen molar-refractivity contribution in [3.63, 3.8) is 0 Å². The first-order valence-corrected chi connectivity index (χ1v) is 24.4. The van der Waals surface area contributed by atoms with Gasteiger partial charge >= 0.3 is 16.8 Å². The Balaban J connectivity index is -0.000000886. The van der Waals surface area contributed by atoms with Gasteiger partial charge in [-0.25, -0.2) is 0 Å². The second-order valence-corrected chi connectivity index (χ2v) is 16.9. The van der Waals surface area contributed by atoms with Crippen LogP contribution in [0.4, 0.5) is 0 Å². The van der Waals surface area contributed by atoms with Gasteiger partial charge in [0.1, 0.15) is 0 Å². The maximum Gasteiger partial charge on any atom is 2.00 e. The summed E-state index contributed by atoms with van der Waals surface area (Å²) in [6.07, 6.45) is 37.7. The molecule has 0 aromatic carbocycles. The van der Waals surface area contributed by atoms with E-state index in [0.29, 0.717) is 0 Å². The van der Waals surface area contributed by atoms with Crippen molar-refractivity contribution in [1.29, 1.82) is 0 Å². The number of phosphoric ester groups is 2. The molecule has 0 aliphatic carbocycles. The Labute approximate surface area is 327 Å². The van der Waals surface area contributed by atoms with Crippen molar-refractivity contribution in [2.75, 3.05) is 26.4 Å². The molecular weight excluding hydrogens is 729 g/mol. The van der Waals surface area contributed by atoms with Crippen LogP contribution in [0.5, 0.6) is 0 Å². The first-order chi connectivity index (χ1) is 24.2. The number of hydrogen-bond acceptors (Lipinski definition) is 8. The summed E-state index contributed by atoms with van der Waals surface area (Å²) in [6, 6.07) is 0. The summed E-state index contributed by atoms with van der Waals surface area (Å²) in [5.74, 6) is 0. The van der Waals surface area contributed by atoms with Gasteiger partial charge in [0.2, 0.25) is 0 Å². The van der Waals surface area contributed by atoms with E-state index >= 15 is 0 Å². The van der Waals surface area contributed by atoms with E-state index in [1.807, 2.05) is 0 Å². The van der Waals surface area contributed by atoms with Crippen molar-refractivity contribution >= 4 is 15.6 Å². The van der Waals surface area contributed by atoms with Crippen LogP contribution in [0.2, 0.25) is 0 Å². The molecular formula is C40H84CoO8P2. The zero-order chi connectivity index (χ0) is 37.3. The van der Waals surface area contributed by atoms with Crippen LogP contribution >= 0.6 is 15.6 Å². The standard InChI is InChI=1S/2C20H43O4P.Co/c2*1-3-5-7-9-11-13-15-17-19-23-25(21,22)24-20-18-16-14-12-10-8-6-4-2;/h2*3-20H2,1-2H3,(H,21,22);/q;;+2/p-2. The third-order valence-electron chi connectivity index (χ3n) is 8.99. The van der Waals surface area contributed by atoms with E-state index in [2.05, 4.69) is 27.7 Å². The molecule has 0 heterocycles. The van der Waals surface area contributed by atoms with Crippen LogP contribution in [-0.4, -0.2) is 26.4 Å². The predicted octanol–water partition coefficient (Wildman–Crippen LogP) is 13.5. The van der Waals surface area contributed by atoms with Gasteiger partial charge in [0.25, 0.3) is 15.6 Å². The van der Waals surface area contributed by atoms with E-state index in [-0.39, 0.29) is 43.2 Å². The molecule has 0 fully saturated rings. The first kappa shape index (κ1) is 56.1. The van der Waals surface area contributed by atoms with Crippen molar-refractivity contribution < 1.29 is 53.8 Å². The average Bonchev–Trinajstić information content (AvgIpc) is 3.09. The smallest absolute Gasteiger partial charge is 0.756 e. The van der Waals surface area contributed by atoms with Crippen LogP contribution in [0.25, 0.3) is 0 Å². The van der Waals surface area contributed by atoms with E-state index in [1.165, 1.54) is 128 Å². The molecule has 0 aliphatic rings. The first-order valence-electron chi connectivity index (χ1n) is 21.4. The molecule has 0 bridgehead atoms. The Bertz CT molecular complexity index is 635. The van der Waals surface area contributed by atoms with E-state index in [1.54, 1.807) is 0 Å². The fourth-order valence-corrected chi connectivity index (χ4v) is 7.28. The van der Waals surface area contributed by atoms with Gasteiger partial charge in [0, 0.05) is 0 Å². The summed E-state index contributed by atoms with van der Waals surface area (Å²) < 4.78 is 43.0. The van der Waals surface area contributed by atoms with E-state index in [9.17, 15) is 18.9 Å².